The number of nitrogens with one attached hydrogen (secondary N) is 1. The van der Waals surface area contributed by atoms with Gasteiger partial charge in [-0.2, -0.15) is 4.57 Å². The number of unbranched alkanes of at least 4 members (excludes halogenated alkanes) is 11. The number of para-hydroxylation sites is 1. The number of nitrogens with zero attached hydrogens (tertiary/aromatic N) is 1. The molecule has 0 aliphatic rings. The normalized spacial score (nSPS) is 11.5. The first-order valence-electron chi connectivity index (χ1n) is 15.5. The van der Waals surface area contributed by atoms with Gasteiger partial charge in [-0.05, 0) is 35.6 Å². The second-order valence-electron chi connectivity index (χ2n) is 12.0. The minimum Gasteiger partial charge on any atom is -0.493 e. The van der Waals surface area contributed by atoms with Crippen molar-refractivity contribution in [1.82, 2.24) is 0 Å². The van der Waals surface area contributed by atoms with Crippen LogP contribution in [0.3, 0.4) is 0 Å². The molecule has 3 rings (SSSR count). The van der Waals surface area contributed by atoms with Gasteiger partial charge in [-0.25, -0.2) is 0 Å². The summed E-state index contributed by atoms with van der Waals surface area (Å²) in [7, 11) is 0. The van der Waals surface area contributed by atoms with Crippen LogP contribution in [-0.2, 0) is 12.0 Å². The van der Waals surface area contributed by atoms with E-state index in [-0.39, 0.29) is 11.3 Å². The molecule has 1 aromatic heterocycles. The fraction of sp³-hybridized carbons (Fsp3) is 0.543. The number of benzene rings is 2. The molecular weight excluding hydrogens is 512 g/mol. The molecule has 0 radical (unpaired) electrons. The molecule has 3 aromatic rings. The smallest absolute Gasteiger partial charge is 0.259 e. The lowest BCUT2D eigenvalue weighted by molar-refractivity contribution is -0.683. The number of amides is 1. The summed E-state index contributed by atoms with van der Waals surface area (Å²) < 4.78 is 8.40. The SMILES string of the molecule is CCCCCCCCCCCCCCOc1cc(C(C)(C)C)ccc1C(=O)Nc1ccccc1C[n+]1ccsc1. The number of thiazole rings is 1. The van der Waals surface area contributed by atoms with E-state index in [9.17, 15) is 4.79 Å². The van der Waals surface area contributed by atoms with E-state index in [2.05, 4.69) is 72.9 Å². The van der Waals surface area contributed by atoms with Gasteiger partial charge in [0.1, 0.15) is 5.75 Å². The van der Waals surface area contributed by atoms with E-state index in [0.717, 1.165) is 17.7 Å². The first-order chi connectivity index (χ1) is 19.4. The fourth-order valence-corrected chi connectivity index (χ4v) is 5.54. The molecule has 0 unspecified atom stereocenters. The van der Waals surface area contributed by atoms with Crippen LogP contribution in [0.4, 0.5) is 5.69 Å². The summed E-state index contributed by atoms with van der Waals surface area (Å²) in [6, 6.07) is 14.0. The maximum atomic E-state index is 13.5. The largest absolute Gasteiger partial charge is 0.493 e. The zero-order chi connectivity index (χ0) is 28.6. The fourth-order valence-electron chi connectivity index (χ4n) is 4.94. The molecule has 0 spiro atoms. The van der Waals surface area contributed by atoms with Gasteiger partial charge in [0.05, 0.1) is 23.2 Å². The summed E-state index contributed by atoms with van der Waals surface area (Å²) in [5.74, 6) is 0.547. The Kier molecular flexibility index (Phi) is 13.7. The molecule has 40 heavy (non-hydrogen) atoms. The van der Waals surface area contributed by atoms with Crippen molar-refractivity contribution in [2.45, 2.75) is 117 Å². The zero-order valence-corrected chi connectivity index (χ0v) is 26.2. The van der Waals surface area contributed by atoms with Gasteiger partial charge >= 0.3 is 0 Å². The lowest BCUT2D eigenvalue weighted by Gasteiger charge is -2.21. The molecule has 0 aliphatic heterocycles. The first kappa shape index (κ1) is 31.9. The van der Waals surface area contributed by atoms with Crippen molar-refractivity contribution < 1.29 is 14.1 Å². The van der Waals surface area contributed by atoms with Gasteiger partial charge in [0, 0.05) is 5.56 Å². The van der Waals surface area contributed by atoms with Gasteiger partial charge < -0.3 is 10.1 Å². The van der Waals surface area contributed by atoms with E-state index in [4.69, 9.17) is 4.74 Å². The predicted molar refractivity (Wildman–Crippen MR) is 170 cm³/mol. The Labute approximate surface area is 247 Å². The van der Waals surface area contributed by atoms with Crippen LogP contribution in [0.15, 0.2) is 59.6 Å². The summed E-state index contributed by atoms with van der Waals surface area (Å²) >= 11 is 1.66. The van der Waals surface area contributed by atoms with E-state index in [1.54, 1.807) is 11.3 Å². The summed E-state index contributed by atoms with van der Waals surface area (Å²) in [4.78, 5) is 13.5. The second-order valence-corrected chi connectivity index (χ2v) is 12.8. The van der Waals surface area contributed by atoms with Crippen molar-refractivity contribution in [1.29, 1.82) is 0 Å². The van der Waals surface area contributed by atoms with Gasteiger partial charge in [-0.3, -0.25) is 4.79 Å². The summed E-state index contributed by atoms with van der Waals surface area (Å²) in [6.45, 7) is 10.2. The van der Waals surface area contributed by atoms with Crippen LogP contribution >= 0.6 is 11.3 Å². The summed E-state index contributed by atoms with van der Waals surface area (Å²) in [5.41, 5.74) is 5.72. The molecule has 4 nitrogen and oxygen atoms in total. The minimum absolute atomic E-state index is 0.0204. The number of ether oxygens (including phenoxy) is 1. The molecule has 0 atom stereocenters. The highest BCUT2D eigenvalue weighted by atomic mass is 32.1. The third kappa shape index (κ3) is 11.1. The Balaban J connectivity index is 1.52. The monoisotopic (exact) mass is 563 g/mol. The molecule has 1 heterocycles. The van der Waals surface area contributed by atoms with E-state index < -0.39 is 0 Å². The van der Waals surface area contributed by atoms with Gasteiger partial charge in [0.15, 0.2) is 12.7 Å². The van der Waals surface area contributed by atoms with Crippen LogP contribution in [-0.4, -0.2) is 12.5 Å². The number of aromatic nitrogens is 1. The van der Waals surface area contributed by atoms with Crippen molar-refractivity contribution in [2.24, 2.45) is 0 Å². The maximum absolute atomic E-state index is 13.5. The highest BCUT2D eigenvalue weighted by Gasteiger charge is 2.20. The molecule has 0 aliphatic carbocycles. The number of carbonyl (C=O) groups excluding carboxylic acids is 1. The molecule has 0 saturated heterocycles. The molecule has 218 valence electrons. The van der Waals surface area contributed by atoms with Crippen molar-refractivity contribution in [3.63, 3.8) is 0 Å². The molecule has 0 saturated carbocycles. The topological polar surface area (TPSA) is 42.2 Å². The quantitative estimate of drug-likeness (QED) is 0.124. The maximum Gasteiger partial charge on any atom is 0.259 e. The summed E-state index contributed by atoms with van der Waals surface area (Å²) in [5, 5.41) is 5.21. The number of hydrogen-bond donors (Lipinski definition) is 1. The first-order valence-corrected chi connectivity index (χ1v) is 16.4. The van der Waals surface area contributed by atoms with Crippen LogP contribution in [0.25, 0.3) is 0 Å². The molecule has 1 amide bonds. The Morgan fingerprint density at radius 1 is 0.875 bits per heavy atom. The number of anilines is 1. The number of rotatable bonds is 18. The van der Waals surface area contributed by atoms with Crippen molar-refractivity contribution in [3.05, 3.63) is 76.2 Å². The highest BCUT2D eigenvalue weighted by molar-refractivity contribution is 7.07. The lowest BCUT2D eigenvalue weighted by atomic mass is 9.86. The van der Waals surface area contributed by atoms with E-state index in [1.807, 2.05) is 24.3 Å². The van der Waals surface area contributed by atoms with Gasteiger partial charge in [-0.1, -0.05) is 134 Å². The number of carbonyl (C=O) groups is 1. The molecule has 0 bridgehead atoms. The van der Waals surface area contributed by atoms with Crippen LogP contribution in [0, 0.1) is 0 Å². The van der Waals surface area contributed by atoms with E-state index >= 15 is 0 Å². The minimum atomic E-state index is -0.132. The number of hydrogen-bond acceptors (Lipinski definition) is 3. The van der Waals surface area contributed by atoms with Gasteiger partial charge in [0.2, 0.25) is 5.51 Å². The average molecular weight is 564 g/mol. The zero-order valence-electron chi connectivity index (χ0n) is 25.3. The van der Waals surface area contributed by atoms with Crippen LogP contribution < -0.4 is 14.6 Å². The molecule has 0 fully saturated rings. The highest BCUT2D eigenvalue weighted by Crippen LogP contribution is 2.30. The Morgan fingerprint density at radius 3 is 2.15 bits per heavy atom. The molecular formula is C35H51N2O2S+. The average Bonchev–Trinajstić information content (AvgIpc) is 3.45. The van der Waals surface area contributed by atoms with E-state index in [1.165, 1.54) is 76.2 Å². The van der Waals surface area contributed by atoms with Gasteiger partial charge in [-0.15, -0.1) is 0 Å². The Hall–Kier alpha value is -2.66. The molecule has 2 aromatic carbocycles. The van der Waals surface area contributed by atoms with Gasteiger partial charge in [0.25, 0.3) is 5.91 Å². The van der Waals surface area contributed by atoms with Crippen molar-refractivity contribution >= 4 is 22.9 Å². The predicted octanol–water partition coefficient (Wildman–Crippen LogP) is 9.71. The van der Waals surface area contributed by atoms with Crippen molar-refractivity contribution in [2.75, 3.05) is 11.9 Å². The van der Waals surface area contributed by atoms with Crippen LogP contribution in [0.1, 0.15) is 126 Å². The Bertz CT molecular complexity index is 1130. The molecule has 5 heteroatoms. The van der Waals surface area contributed by atoms with E-state index in [0.29, 0.717) is 24.5 Å². The van der Waals surface area contributed by atoms with Crippen molar-refractivity contribution in [3.8, 4) is 5.75 Å². The third-order valence-electron chi connectivity index (χ3n) is 7.49. The van der Waals surface area contributed by atoms with Crippen LogP contribution in [0.2, 0.25) is 0 Å². The summed E-state index contributed by atoms with van der Waals surface area (Å²) in [6.07, 6.45) is 17.8. The molecule has 1 N–H and O–H groups in total. The standard InChI is InChI=1S/C35H50N2O2S/c1-5-6-7-8-9-10-11-12-13-14-15-18-24-39-33-26-30(35(2,3)4)21-22-31(33)34(38)36-32-20-17-16-19-29(32)27-37-23-25-40-28-37/h16-17,19-23,25-26,28H,5-15,18,24,27H2,1-4H3/p+1. The van der Waals surface area contributed by atoms with Crippen LogP contribution in [0.5, 0.6) is 5.75 Å². The third-order valence-corrected chi connectivity index (χ3v) is 8.16. The second kappa shape index (κ2) is 17.2. The Morgan fingerprint density at radius 2 is 1.52 bits per heavy atom. The lowest BCUT2D eigenvalue weighted by Crippen LogP contribution is -2.31.